The lowest BCUT2D eigenvalue weighted by molar-refractivity contribution is 0.439. The number of halogens is 12. The van der Waals surface area contributed by atoms with Crippen LogP contribution in [0.25, 0.3) is 22.3 Å². The van der Waals surface area contributed by atoms with Crippen molar-refractivity contribution >= 4 is 49.4 Å². The topological polar surface area (TPSA) is 0 Å². The minimum Gasteiger partial charge on any atom is -0.204 e. The van der Waals surface area contributed by atoms with Crippen LogP contribution in [0.5, 0.6) is 0 Å². The Morgan fingerprint density at radius 1 is 0.297 bits per heavy atom. The van der Waals surface area contributed by atoms with Crippen molar-refractivity contribution in [1.82, 2.24) is 0 Å². The molecule has 0 nitrogen and oxygen atoms in total. The van der Waals surface area contributed by atoms with Crippen LogP contribution in [0.4, 0.5) is 52.7 Å². The highest BCUT2D eigenvalue weighted by Gasteiger charge is 2.54. The Hall–Kier alpha value is -7.43. The van der Waals surface area contributed by atoms with E-state index in [-0.39, 0.29) is 45.4 Å². The Balaban J connectivity index is 1.40. The van der Waals surface area contributed by atoms with Crippen LogP contribution in [0, 0.1) is 69.8 Å². The lowest BCUT2D eigenvalue weighted by atomic mass is 9.72. The zero-order valence-corrected chi connectivity index (χ0v) is 41.1. The van der Waals surface area contributed by atoms with E-state index < -0.39 is 96.7 Å². The molecule has 0 fully saturated rings. The molecule has 10 rings (SSSR count). The fourth-order valence-corrected chi connectivity index (χ4v) is 18.1. The number of allylic oxidation sites excluding steroid dienone is 4. The van der Waals surface area contributed by atoms with Crippen LogP contribution >= 0.6 is 0 Å². The summed E-state index contributed by atoms with van der Waals surface area (Å²) >= 11 is 0. The molecule has 2 atom stereocenters. The fraction of sp³-hybridized carbons (Fsp3) is 0.100. The molecule has 14 heteroatoms. The van der Waals surface area contributed by atoms with Gasteiger partial charge in [-0.1, -0.05) is 134 Å². The van der Waals surface area contributed by atoms with Crippen LogP contribution in [0.3, 0.4) is 0 Å². The molecule has 2 aliphatic heterocycles. The van der Waals surface area contributed by atoms with Crippen molar-refractivity contribution in [2.24, 2.45) is 0 Å². The first-order chi connectivity index (χ1) is 35.5. The van der Waals surface area contributed by atoms with Crippen molar-refractivity contribution in [2.45, 2.75) is 36.0 Å². The third-order valence-electron chi connectivity index (χ3n) is 14.5. The van der Waals surface area contributed by atoms with Gasteiger partial charge in [0.15, 0.2) is 69.8 Å². The first kappa shape index (κ1) is 50.1. The van der Waals surface area contributed by atoms with Crippen molar-refractivity contribution in [1.29, 1.82) is 0 Å². The van der Waals surface area contributed by atoms with Gasteiger partial charge in [-0.15, -0.1) is 0 Å². The van der Waals surface area contributed by atoms with Crippen molar-refractivity contribution < 1.29 is 52.7 Å². The molecular formula is C60H38F12Si2. The van der Waals surface area contributed by atoms with Crippen LogP contribution in [0.15, 0.2) is 170 Å². The molecule has 0 spiro atoms. The maximum absolute atomic E-state index is 16.3. The predicted molar refractivity (Wildman–Crippen MR) is 269 cm³/mol. The Bertz CT molecular complexity index is 3370. The summed E-state index contributed by atoms with van der Waals surface area (Å²) in [6.45, 7) is 3.47. The minimum absolute atomic E-state index is 0.110. The van der Waals surface area contributed by atoms with Crippen LogP contribution in [-0.4, -0.2) is 27.2 Å². The van der Waals surface area contributed by atoms with Crippen molar-refractivity contribution in [3.8, 4) is 0 Å². The van der Waals surface area contributed by atoms with Gasteiger partial charge in [-0.05, 0) is 139 Å². The van der Waals surface area contributed by atoms with Gasteiger partial charge in [-0.2, -0.15) is 0 Å². The molecule has 8 aromatic rings. The summed E-state index contributed by atoms with van der Waals surface area (Å²) < 4.78 is 188. The second-order valence-electron chi connectivity index (χ2n) is 18.3. The van der Waals surface area contributed by atoms with E-state index in [0.717, 1.165) is 48.5 Å². The number of benzene rings is 8. The highest BCUT2D eigenvalue weighted by Crippen LogP contribution is 2.58. The van der Waals surface area contributed by atoms with E-state index in [9.17, 15) is 8.78 Å². The van der Waals surface area contributed by atoms with Gasteiger partial charge in [-0.25, -0.2) is 52.7 Å². The van der Waals surface area contributed by atoms with E-state index in [1.54, 1.807) is 134 Å². The van der Waals surface area contributed by atoms with E-state index in [4.69, 9.17) is 0 Å². The van der Waals surface area contributed by atoms with Gasteiger partial charge in [0.05, 0.1) is 0 Å². The van der Waals surface area contributed by atoms with Crippen molar-refractivity contribution in [2.75, 3.05) is 0 Å². The van der Waals surface area contributed by atoms with Crippen LogP contribution < -0.4 is 0 Å². The first-order valence-corrected chi connectivity index (χ1v) is 27.2. The first-order valence-electron chi connectivity index (χ1n) is 23.2. The molecule has 2 heterocycles. The smallest absolute Gasteiger partial charge is 0.194 e. The average Bonchev–Trinajstić information content (AvgIpc) is 3.84. The number of rotatable bonds is 11. The molecular weight excluding hydrogens is 1000 g/mol. The van der Waals surface area contributed by atoms with Crippen LogP contribution in [-0.2, 0) is 10.1 Å². The minimum atomic E-state index is -2.78. The molecule has 74 heavy (non-hydrogen) atoms. The maximum Gasteiger partial charge on any atom is 0.194 e. The summed E-state index contributed by atoms with van der Waals surface area (Å²) in [5.41, 5.74) is 2.71. The lowest BCUT2D eigenvalue weighted by Crippen LogP contribution is -2.43. The summed E-state index contributed by atoms with van der Waals surface area (Å²) in [5.74, 6) is -19.5. The number of hydrogen-bond acceptors (Lipinski definition) is 0. The third-order valence-corrected chi connectivity index (χ3v) is 21.2. The fourth-order valence-electron chi connectivity index (χ4n) is 11.4. The molecule has 0 saturated heterocycles. The average molecular weight is 1040 g/mol. The number of hydrogen-bond donors (Lipinski definition) is 0. The lowest BCUT2D eigenvalue weighted by Gasteiger charge is -2.42. The van der Waals surface area contributed by atoms with Gasteiger partial charge in [0.25, 0.3) is 0 Å². The summed E-state index contributed by atoms with van der Waals surface area (Å²) in [6, 6.07) is 40.8. The van der Waals surface area contributed by atoms with Crippen LogP contribution in [0.1, 0.15) is 57.3 Å². The molecule has 2 aliphatic rings. The molecule has 2 unspecified atom stereocenters. The summed E-state index contributed by atoms with van der Waals surface area (Å²) in [6.07, 6.45) is -0.585. The maximum atomic E-state index is 16.3. The largest absolute Gasteiger partial charge is 0.204 e. The molecule has 0 bridgehead atoms. The summed E-state index contributed by atoms with van der Waals surface area (Å²) in [7, 11) is -5.55. The highest BCUT2D eigenvalue weighted by atomic mass is 28.2. The normalized spacial score (nSPS) is 17.9. The Labute approximate surface area is 420 Å². The molecule has 370 valence electrons. The van der Waals surface area contributed by atoms with Gasteiger partial charge in [0.1, 0.15) is 0 Å². The molecule has 0 aromatic heterocycles. The quantitative estimate of drug-likeness (QED) is 0.0688. The standard InChI is InChI=1S/C60H38F12Si2/c1-73-57(37-25-41(61)53(69)42(62)26-37)49(33-15-7-3-8-16-33)51(35-19-11-5-12-20-35)59(73,39-29-45(65)55(71)46(66)30-39)23-24-60(40-31-47(67)56(72)48(68)32-40)52(36-21-13-6-14-22-36)50(34-17-9-4-10-18-34)58(74(60)2)38-27-43(63)54(70)44(64)28-38/h3-22,25-32H,23-24H2,1-2H3. The molecule has 0 saturated carbocycles. The van der Waals surface area contributed by atoms with E-state index in [0.29, 0.717) is 44.5 Å². The van der Waals surface area contributed by atoms with Gasteiger partial charge in [0.2, 0.25) is 0 Å². The Morgan fingerprint density at radius 3 is 0.784 bits per heavy atom. The molecule has 8 aromatic carbocycles. The molecule has 0 amide bonds. The van der Waals surface area contributed by atoms with Gasteiger partial charge in [-0.3, -0.25) is 0 Å². The van der Waals surface area contributed by atoms with Gasteiger partial charge < -0.3 is 0 Å². The highest BCUT2D eigenvalue weighted by molar-refractivity contribution is 6.89. The zero-order valence-electron chi connectivity index (χ0n) is 39.1. The third kappa shape index (κ3) is 8.09. The molecule has 0 aliphatic carbocycles. The van der Waals surface area contributed by atoms with E-state index in [2.05, 4.69) is 0 Å². The second-order valence-corrected chi connectivity index (χ2v) is 23.5. The van der Waals surface area contributed by atoms with E-state index in [1.165, 1.54) is 0 Å². The predicted octanol–water partition coefficient (Wildman–Crippen LogP) is 15.5. The molecule has 0 radical (unpaired) electrons. The van der Waals surface area contributed by atoms with Crippen molar-refractivity contribution in [3.05, 3.63) is 284 Å². The van der Waals surface area contributed by atoms with Gasteiger partial charge >= 0.3 is 0 Å². The summed E-state index contributed by atoms with van der Waals surface area (Å²) in [4.78, 5) is 0. The van der Waals surface area contributed by atoms with Crippen LogP contribution in [0.2, 0.25) is 13.1 Å². The monoisotopic (exact) mass is 1040 g/mol. The van der Waals surface area contributed by atoms with Crippen molar-refractivity contribution in [3.63, 3.8) is 0 Å². The Kier molecular flexibility index (Phi) is 13.2. The Morgan fingerprint density at radius 2 is 0.527 bits per heavy atom. The van der Waals surface area contributed by atoms with E-state index >= 15 is 43.9 Å². The SMILES string of the molecule is C[Si]1=C(c2cc(F)c(F)c(F)c2)C(c2ccccc2)=C(c2ccccc2)C1(CCC1(c2cc(F)c(F)c(F)c2)C(c2ccccc2)=C(c2ccccc2)C(c2cc(F)c(F)c(F)c2)=[Si]1C)c1cc(F)c(F)c(F)c1. The zero-order chi connectivity index (χ0) is 52.4. The second kappa shape index (κ2) is 19.4. The van der Waals surface area contributed by atoms with E-state index in [1.807, 2.05) is 0 Å². The molecule has 0 N–H and O–H groups in total. The summed E-state index contributed by atoms with van der Waals surface area (Å²) in [5, 5.41) is -2.97. The van der Waals surface area contributed by atoms with Gasteiger partial charge in [0, 0.05) is 26.9 Å².